The Hall–Kier alpha value is -0.210. The zero-order valence-electron chi connectivity index (χ0n) is 19.3. The minimum Gasteiger partial charge on any atom is -1.00 e. The van der Waals surface area contributed by atoms with Crippen molar-refractivity contribution >= 4 is 39.4 Å². The third-order valence-electron chi connectivity index (χ3n) is 5.15. The predicted octanol–water partition coefficient (Wildman–Crippen LogP) is 3.05. The van der Waals surface area contributed by atoms with Gasteiger partial charge in [-0.15, -0.1) is 53.6 Å². The summed E-state index contributed by atoms with van der Waals surface area (Å²) in [5.41, 5.74) is 6.46. The fraction of sp³-hybridized carbons (Fsp3) is 0.269. The van der Waals surface area contributed by atoms with Crippen LogP contribution in [-0.2, 0) is 23.3 Å². The van der Waals surface area contributed by atoms with E-state index in [0.717, 1.165) is 11.1 Å². The molecule has 32 heavy (non-hydrogen) atoms. The molecule has 0 spiro atoms. The molecule has 0 radical (unpaired) electrons. The first-order chi connectivity index (χ1) is 14.1. The van der Waals surface area contributed by atoms with E-state index in [0.29, 0.717) is 16.0 Å². The number of benzene rings is 2. The molecule has 1 atom stereocenters. The van der Waals surface area contributed by atoms with Crippen molar-refractivity contribution in [1.82, 2.24) is 0 Å². The van der Waals surface area contributed by atoms with Crippen LogP contribution in [0.3, 0.4) is 0 Å². The summed E-state index contributed by atoms with van der Waals surface area (Å²) in [6.07, 6.45) is 3.36. The van der Waals surface area contributed by atoms with E-state index in [4.69, 9.17) is 23.2 Å². The summed E-state index contributed by atoms with van der Waals surface area (Å²) in [6.45, 7) is 13.3. The van der Waals surface area contributed by atoms with Crippen LogP contribution < -0.4 is 24.8 Å². The second-order valence-corrected chi connectivity index (χ2v) is 17.9. The molecule has 0 nitrogen and oxygen atoms in total. The average molecular weight is 602 g/mol. The summed E-state index contributed by atoms with van der Waals surface area (Å²) >= 11 is 14.2. The van der Waals surface area contributed by atoms with E-state index in [-0.39, 0.29) is 30.2 Å². The predicted molar refractivity (Wildman–Crippen MR) is 132 cm³/mol. The zero-order valence-corrected chi connectivity index (χ0v) is 25.8. The molecule has 170 valence electrons. The number of allylic oxidation sites excluding steroid dienone is 4. The van der Waals surface area contributed by atoms with Gasteiger partial charge in [0.25, 0.3) is 0 Å². The van der Waals surface area contributed by atoms with Crippen LogP contribution in [-0.4, -0.2) is 5.43 Å². The summed E-state index contributed by atoms with van der Waals surface area (Å²) in [4.78, 5) is 0. The summed E-state index contributed by atoms with van der Waals surface area (Å²) < 4.78 is 0. The van der Waals surface area contributed by atoms with Gasteiger partial charge >= 0.3 is 41.9 Å². The Bertz CT molecular complexity index is 1090. The number of hydrogen-bond acceptors (Lipinski definition) is 0. The van der Waals surface area contributed by atoms with Crippen molar-refractivity contribution in [3.63, 3.8) is 0 Å². The second-order valence-electron chi connectivity index (χ2n) is 7.73. The summed E-state index contributed by atoms with van der Waals surface area (Å²) in [6, 6.07) is 18.0. The van der Waals surface area contributed by atoms with Crippen molar-refractivity contribution in [1.29, 1.82) is 0 Å². The van der Waals surface area contributed by atoms with Gasteiger partial charge in [0.1, 0.15) is 0 Å². The Balaban J connectivity index is 0.000000547. The van der Waals surface area contributed by atoms with E-state index in [2.05, 4.69) is 71.1 Å². The minimum absolute atomic E-state index is 0. The van der Waals surface area contributed by atoms with Crippen molar-refractivity contribution in [3.05, 3.63) is 87.4 Å². The molecule has 0 saturated heterocycles. The molecule has 0 aliphatic heterocycles. The number of fused-ring (bicyclic) bond motifs is 1. The zero-order chi connectivity index (χ0) is 22.4. The smallest absolute Gasteiger partial charge is 0.0399 e. The van der Waals surface area contributed by atoms with Crippen LogP contribution in [0.1, 0.15) is 27.7 Å². The van der Waals surface area contributed by atoms with Gasteiger partial charge in [0.2, 0.25) is 0 Å². The van der Waals surface area contributed by atoms with Crippen LogP contribution >= 0.6 is 23.2 Å². The Kier molecular flexibility index (Phi) is 14.8. The maximum atomic E-state index is 6.24. The number of rotatable bonds is 1. The van der Waals surface area contributed by atoms with Gasteiger partial charge < -0.3 is 24.8 Å². The summed E-state index contributed by atoms with van der Waals surface area (Å²) in [5.74, 6) is 0.560. The van der Waals surface area contributed by atoms with Crippen LogP contribution in [0.15, 0.2) is 71.3 Å². The molecule has 0 N–H and O–H groups in total. The standard InChI is InChI=1S/C15H9Cl2.C9H13.C2H6Si.2ClH.Zr/c16-13-6-3-7-14(17)15(13)12-9-8-10-4-1-2-5-11(10)12;1-6-5-7(2)9(4)8(6)3;1-3-2;;;/h1-9H;6H,1-4H3;1-2H3;2*1H;/q2*-1;;;;+2/p-2. The summed E-state index contributed by atoms with van der Waals surface area (Å²) in [7, 11) is 0. The second kappa shape index (κ2) is 14.9. The van der Waals surface area contributed by atoms with E-state index in [1.165, 1.54) is 27.5 Å². The molecule has 1 aliphatic carbocycles. The summed E-state index contributed by atoms with van der Waals surface area (Å²) in [5, 5.41) is 3.77. The van der Waals surface area contributed by atoms with E-state index in [1.807, 2.05) is 30.3 Å². The molecule has 1 unspecified atom stereocenters. The van der Waals surface area contributed by atoms with Gasteiger partial charge in [0.05, 0.1) is 0 Å². The van der Waals surface area contributed by atoms with E-state index in [1.54, 1.807) is 23.3 Å². The topological polar surface area (TPSA) is 0 Å². The first-order valence-corrected chi connectivity index (χ1v) is 17.0. The largest absolute Gasteiger partial charge is 1.00 e. The van der Waals surface area contributed by atoms with Gasteiger partial charge in [-0.2, -0.15) is 11.1 Å². The van der Waals surface area contributed by atoms with Crippen molar-refractivity contribution in [2.75, 3.05) is 0 Å². The molecule has 0 heterocycles. The van der Waals surface area contributed by atoms with Gasteiger partial charge in [-0.1, -0.05) is 62.0 Å². The van der Waals surface area contributed by atoms with Crippen LogP contribution in [0.4, 0.5) is 0 Å². The van der Waals surface area contributed by atoms with Crippen molar-refractivity contribution in [2.24, 2.45) is 5.92 Å². The monoisotopic (exact) mass is 598 g/mol. The van der Waals surface area contributed by atoms with Crippen LogP contribution in [0.2, 0.25) is 23.1 Å². The van der Waals surface area contributed by atoms with Crippen LogP contribution in [0.5, 0.6) is 0 Å². The number of hydrogen-bond donors (Lipinski definition) is 0. The SMILES string of the molecule is CC1=[C-]C(C)C(C)=C1C.C[Si](C)=[Zr+2].Clc1cccc(Cl)c1-c1c[cH-]c2ccccc12.[Cl-].[Cl-]. The fourth-order valence-electron chi connectivity index (χ4n) is 3.29. The van der Waals surface area contributed by atoms with Crippen LogP contribution in [0.25, 0.3) is 21.9 Å². The molecule has 1 aliphatic rings. The maximum Gasteiger partial charge on any atom is 0.0399 e. The molecule has 0 saturated carbocycles. The van der Waals surface area contributed by atoms with Crippen molar-refractivity contribution in [3.8, 4) is 11.1 Å². The van der Waals surface area contributed by atoms with Crippen LogP contribution in [0, 0.1) is 12.0 Å². The van der Waals surface area contributed by atoms with E-state index < -0.39 is 0 Å². The molecule has 0 fully saturated rings. The third-order valence-corrected chi connectivity index (χ3v) is 5.78. The normalized spacial score (nSPS) is 14.3. The van der Waals surface area contributed by atoms with Gasteiger partial charge in [-0.25, -0.2) is 5.57 Å². The Morgan fingerprint density at radius 2 is 1.47 bits per heavy atom. The quantitative estimate of drug-likeness (QED) is 0.297. The number of halogens is 4. The molecular formula is C26H28Cl4SiZr-2. The first-order valence-electron chi connectivity index (χ1n) is 10.0. The molecule has 4 rings (SSSR count). The molecule has 0 amide bonds. The van der Waals surface area contributed by atoms with E-state index >= 15 is 0 Å². The Labute approximate surface area is 231 Å². The van der Waals surface area contributed by atoms with Crippen molar-refractivity contribution < 1.29 is 48.1 Å². The van der Waals surface area contributed by atoms with Gasteiger partial charge in [0.15, 0.2) is 0 Å². The van der Waals surface area contributed by atoms with E-state index in [9.17, 15) is 0 Å². The minimum atomic E-state index is 0. The Morgan fingerprint density at radius 1 is 0.938 bits per heavy atom. The Morgan fingerprint density at radius 3 is 1.91 bits per heavy atom. The third kappa shape index (κ3) is 8.53. The van der Waals surface area contributed by atoms with Gasteiger partial charge in [0, 0.05) is 10.0 Å². The molecular weight excluding hydrogens is 573 g/mol. The molecule has 6 heteroatoms. The first kappa shape index (κ1) is 31.8. The molecule has 3 aromatic carbocycles. The molecule has 0 aromatic heterocycles. The fourth-order valence-corrected chi connectivity index (χ4v) is 3.89. The van der Waals surface area contributed by atoms with Gasteiger partial charge in [-0.05, 0) is 17.7 Å². The van der Waals surface area contributed by atoms with Gasteiger partial charge in [-0.3, -0.25) is 6.08 Å². The molecule has 0 bridgehead atoms. The molecule has 3 aromatic rings. The average Bonchev–Trinajstić information content (AvgIpc) is 3.19. The maximum absolute atomic E-state index is 6.24. The van der Waals surface area contributed by atoms with Crippen molar-refractivity contribution in [2.45, 2.75) is 40.8 Å².